The Morgan fingerprint density at radius 1 is 1.28 bits per heavy atom. The molecule has 0 heterocycles. The third-order valence-electron chi connectivity index (χ3n) is 3.97. The molecular formula is C16H25NO. The Morgan fingerprint density at radius 3 is 2.89 bits per heavy atom. The maximum atomic E-state index is 5.62. The summed E-state index contributed by atoms with van der Waals surface area (Å²) in [7, 11) is 2.06. The van der Waals surface area contributed by atoms with E-state index in [0.29, 0.717) is 5.92 Å². The van der Waals surface area contributed by atoms with Crippen molar-refractivity contribution in [2.45, 2.75) is 38.5 Å². The molecule has 2 nitrogen and oxygen atoms in total. The molecule has 0 amide bonds. The van der Waals surface area contributed by atoms with Gasteiger partial charge in [0.25, 0.3) is 0 Å². The van der Waals surface area contributed by atoms with Crippen molar-refractivity contribution in [2.24, 2.45) is 5.92 Å². The zero-order valence-electron chi connectivity index (χ0n) is 11.6. The van der Waals surface area contributed by atoms with Crippen LogP contribution in [0.1, 0.15) is 44.1 Å². The Morgan fingerprint density at radius 2 is 2.11 bits per heavy atom. The van der Waals surface area contributed by atoms with Gasteiger partial charge in [0.15, 0.2) is 0 Å². The van der Waals surface area contributed by atoms with Crippen LogP contribution in [-0.2, 0) is 0 Å². The molecule has 0 aliphatic heterocycles. The normalized spacial score (nSPS) is 23.9. The van der Waals surface area contributed by atoms with Gasteiger partial charge in [0.2, 0.25) is 0 Å². The van der Waals surface area contributed by atoms with Gasteiger partial charge in [-0.05, 0) is 62.9 Å². The molecule has 0 aromatic heterocycles. The van der Waals surface area contributed by atoms with E-state index < -0.39 is 0 Å². The Balaban J connectivity index is 2.14. The highest BCUT2D eigenvalue weighted by molar-refractivity contribution is 5.31. The van der Waals surface area contributed by atoms with E-state index in [2.05, 4.69) is 36.6 Å². The van der Waals surface area contributed by atoms with Gasteiger partial charge in [-0.3, -0.25) is 0 Å². The monoisotopic (exact) mass is 247 g/mol. The van der Waals surface area contributed by atoms with Crippen LogP contribution in [0, 0.1) is 5.92 Å². The highest BCUT2D eigenvalue weighted by Gasteiger charge is 2.25. The Hall–Kier alpha value is -1.02. The number of nitrogens with one attached hydrogen (secondary N) is 1. The van der Waals surface area contributed by atoms with Gasteiger partial charge in [0.05, 0.1) is 6.61 Å². The second kappa shape index (κ2) is 6.79. The minimum Gasteiger partial charge on any atom is -0.494 e. The summed E-state index contributed by atoms with van der Waals surface area (Å²) >= 11 is 0. The third-order valence-corrected chi connectivity index (χ3v) is 3.97. The zero-order chi connectivity index (χ0) is 12.8. The largest absolute Gasteiger partial charge is 0.494 e. The van der Waals surface area contributed by atoms with Gasteiger partial charge in [0.1, 0.15) is 5.75 Å². The van der Waals surface area contributed by atoms with Crippen LogP contribution in [0.2, 0.25) is 0 Å². The molecule has 0 saturated heterocycles. The third kappa shape index (κ3) is 3.26. The van der Waals surface area contributed by atoms with Crippen LogP contribution in [0.15, 0.2) is 24.3 Å². The first-order chi connectivity index (χ1) is 8.85. The average molecular weight is 247 g/mol. The summed E-state index contributed by atoms with van der Waals surface area (Å²) in [6.07, 6.45) is 5.42. The van der Waals surface area contributed by atoms with Gasteiger partial charge in [0, 0.05) is 0 Å². The van der Waals surface area contributed by atoms with Gasteiger partial charge in [-0.1, -0.05) is 25.0 Å². The lowest BCUT2D eigenvalue weighted by Crippen LogP contribution is -2.27. The van der Waals surface area contributed by atoms with E-state index in [-0.39, 0.29) is 0 Å². The summed E-state index contributed by atoms with van der Waals surface area (Å²) in [6.45, 7) is 3.91. The van der Waals surface area contributed by atoms with Crippen LogP contribution in [-0.4, -0.2) is 20.2 Å². The molecule has 1 aromatic carbocycles. The molecule has 1 saturated carbocycles. The van der Waals surface area contributed by atoms with Gasteiger partial charge < -0.3 is 10.1 Å². The minimum atomic E-state index is 0.701. The molecule has 1 aliphatic rings. The van der Waals surface area contributed by atoms with E-state index in [0.717, 1.165) is 24.8 Å². The van der Waals surface area contributed by atoms with Crippen LogP contribution in [0.4, 0.5) is 0 Å². The number of hydrogen-bond donors (Lipinski definition) is 1. The quantitative estimate of drug-likeness (QED) is 0.858. The fourth-order valence-electron chi connectivity index (χ4n) is 3.15. The first kappa shape index (κ1) is 13.4. The molecular weight excluding hydrogens is 222 g/mol. The average Bonchev–Trinajstić information content (AvgIpc) is 2.40. The molecule has 1 aromatic rings. The van der Waals surface area contributed by atoms with Crippen LogP contribution in [0.25, 0.3) is 0 Å². The van der Waals surface area contributed by atoms with Crippen molar-refractivity contribution in [2.75, 3.05) is 20.2 Å². The summed E-state index contributed by atoms with van der Waals surface area (Å²) in [5.41, 5.74) is 1.46. The smallest absolute Gasteiger partial charge is 0.119 e. The number of hydrogen-bond acceptors (Lipinski definition) is 2. The van der Waals surface area contributed by atoms with Crippen molar-refractivity contribution < 1.29 is 4.74 Å². The summed E-state index contributed by atoms with van der Waals surface area (Å²) in [5, 5.41) is 3.35. The number of rotatable bonds is 5. The molecule has 2 heteroatoms. The van der Waals surface area contributed by atoms with Crippen LogP contribution in [0.3, 0.4) is 0 Å². The molecule has 2 unspecified atom stereocenters. The fraction of sp³-hybridized carbons (Fsp3) is 0.625. The van der Waals surface area contributed by atoms with E-state index in [1.165, 1.54) is 31.2 Å². The lowest BCUT2D eigenvalue weighted by atomic mass is 9.75. The standard InChI is InChI=1S/C16H25NO/c1-3-18-15-9-6-8-13(11-15)16-10-5-4-7-14(16)12-17-2/h6,8-9,11,14,16-17H,3-5,7,10,12H2,1-2H3. The molecule has 2 atom stereocenters. The Labute approximate surface area is 111 Å². The molecule has 1 N–H and O–H groups in total. The van der Waals surface area contributed by atoms with Crippen molar-refractivity contribution in [3.8, 4) is 5.75 Å². The maximum absolute atomic E-state index is 5.62. The zero-order valence-corrected chi connectivity index (χ0v) is 11.6. The molecule has 100 valence electrons. The van der Waals surface area contributed by atoms with Gasteiger partial charge in [-0.15, -0.1) is 0 Å². The minimum absolute atomic E-state index is 0.701. The van der Waals surface area contributed by atoms with Crippen molar-refractivity contribution in [1.82, 2.24) is 5.32 Å². The van der Waals surface area contributed by atoms with Gasteiger partial charge >= 0.3 is 0 Å². The first-order valence-corrected chi connectivity index (χ1v) is 7.22. The molecule has 0 bridgehead atoms. The van der Waals surface area contributed by atoms with Crippen molar-refractivity contribution >= 4 is 0 Å². The summed E-state index contributed by atoms with van der Waals surface area (Å²) in [4.78, 5) is 0. The number of benzene rings is 1. The predicted octanol–water partition coefficient (Wildman–Crippen LogP) is 3.58. The van der Waals surface area contributed by atoms with E-state index in [4.69, 9.17) is 4.74 Å². The SMILES string of the molecule is CCOc1cccc(C2CCCCC2CNC)c1. The predicted molar refractivity (Wildman–Crippen MR) is 76.2 cm³/mol. The van der Waals surface area contributed by atoms with Crippen LogP contribution >= 0.6 is 0 Å². The molecule has 2 rings (SSSR count). The lowest BCUT2D eigenvalue weighted by Gasteiger charge is -2.32. The highest BCUT2D eigenvalue weighted by Crippen LogP contribution is 2.38. The lowest BCUT2D eigenvalue weighted by molar-refractivity contribution is 0.299. The maximum Gasteiger partial charge on any atom is 0.119 e. The van der Waals surface area contributed by atoms with E-state index >= 15 is 0 Å². The number of ether oxygens (including phenoxy) is 1. The van der Waals surface area contributed by atoms with Crippen LogP contribution in [0.5, 0.6) is 5.75 Å². The molecule has 1 fully saturated rings. The van der Waals surface area contributed by atoms with Gasteiger partial charge in [-0.2, -0.15) is 0 Å². The molecule has 0 radical (unpaired) electrons. The molecule has 18 heavy (non-hydrogen) atoms. The van der Waals surface area contributed by atoms with Crippen LogP contribution < -0.4 is 10.1 Å². The topological polar surface area (TPSA) is 21.3 Å². The van der Waals surface area contributed by atoms with Crippen molar-refractivity contribution in [3.05, 3.63) is 29.8 Å². The van der Waals surface area contributed by atoms with E-state index in [1.807, 2.05) is 6.92 Å². The van der Waals surface area contributed by atoms with Crippen molar-refractivity contribution in [3.63, 3.8) is 0 Å². The summed E-state index contributed by atoms with van der Waals surface area (Å²) in [5.74, 6) is 2.50. The Bertz CT molecular complexity index is 362. The van der Waals surface area contributed by atoms with E-state index in [9.17, 15) is 0 Å². The molecule has 0 spiro atoms. The first-order valence-electron chi connectivity index (χ1n) is 7.22. The van der Waals surface area contributed by atoms with Gasteiger partial charge in [-0.25, -0.2) is 0 Å². The van der Waals surface area contributed by atoms with E-state index in [1.54, 1.807) is 0 Å². The van der Waals surface area contributed by atoms with Crippen molar-refractivity contribution in [1.29, 1.82) is 0 Å². The Kier molecular flexibility index (Phi) is 5.06. The fourth-order valence-corrected chi connectivity index (χ4v) is 3.15. The second-order valence-corrected chi connectivity index (χ2v) is 5.21. The summed E-state index contributed by atoms with van der Waals surface area (Å²) < 4.78 is 5.62. The molecule has 1 aliphatic carbocycles. The second-order valence-electron chi connectivity index (χ2n) is 5.21. The highest BCUT2D eigenvalue weighted by atomic mass is 16.5. The summed E-state index contributed by atoms with van der Waals surface area (Å²) in [6, 6.07) is 8.69.